The third kappa shape index (κ3) is 3.56. The molecule has 0 aliphatic heterocycles. The summed E-state index contributed by atoms with van der Waals surface area (Å²) in [5.41, 5.74) is 0. The van der Waals surface area contributed by atoms with Crippen LogP contribution in [0.25, 0.3) is 0 Å². The summed E-state index contributed by atoms with van der Waals surface area (Å²) in [5, 5.41) is 11.7. The van der Waals surface area contributed by atoms with E-state index in [1.54, 1.807) is 0 Å². The summed E-state index contributed by atoms with van der Waals surface area (Å²) in [6.07, 6.45) is 2.59. The zero-order valence-electron chi connectivity index (χ0n) is 8.53. The SMILES string of the molecule is CC(CO)CNCc1nccn1C(F)F. The van der Waals surface area contributed by atoms with Gasteiger partial charge in [-0.25, -0.2) is 4.98 Å². The first kappa shape index (κ1) is 12.1. The number of alkyl halides is 2. The molecule has 0 bridgehead atoms. The number of nitrogens with zero attached hydrogens (tertiary/aromatic N) is 2. The van der Waals surface area contributed by atoms with E-state index in [0.717, 1.165) is 4.57 Å². The van der Waals surface area contributed by atoms with Gasteiger partial charge in [-0.15, -0.1) is 0 Å². The van der Waals surface area contributed by atoms with Crippen molar-refractivity contribution in [3.63, 3.8) is 0 Å². The minimum Gasteiger partial charge on any atom is -0.396 e. The first-order valence-corrected chi connectivity index (χ1v) is 4.76. The summed E-state index contributed by atoms with van der Waals surface area (Å²) in [6, 6.07) is 0. The fraction of sp³-hybridized carbons (Fsp3) is 0.667. The summed E-state index contributed by atoms with van der Waals surface area (Å²) in [5.74, 6) is 0.412. The third-order valence-corrected chi connectivity index (χ3v) is 2.05. The molecule has 0 radical (unpaired) electrons. The molecule has 1 heterocycles. The second-order valence-electron chi connectivity index (χ2n) is 3.45. The molecule has 0 aromatic carbocycles. The van der Waals surface area contributed by atoms with Gasteiger partial charge in [0.2, 0.25) is 0 Å². The molecule has 0 saturated heterocycles. The van der Waals surface area contributed by atoms with Gasteiger partial charge in [-0.2, -0.15) is 8.78 Å². The van der Waals surface area contributed by atoms with Crippen LogP contribution in [0, 0.1) is 5.92 Å². The zero-order chi connectivity index (χ0) is 11.3. The summed E-state index contributed by atoms with van der Waals surface area (Å²) in [4.78, 5) is 3.82. The quantitative estimate of drug-likeness (QED) is 0.750. The highest BCUT2D eigenvalue weighted by Crippen LogP contribution is 2.11. The molecule has 1 aromatic heterocycles. The van der Waals surface area contributed by atoms with E-state index in [0.29, 0.717) is 12.4 Å². The van der Waals surface area contributed by atoms with Gasteiger partial charge in [0.05, 0.1) is 6.54 Å². The predicted molar refractivity (Wildman–Crippen MR) is 51.4 cm³/mol. The molecule has 1 aromatic rings. The fourth-order valence-corrected chi connectivity index (χ4v) is 1.15. The summed E-state index contributed by atoms with van der Waals surface area (Å²) < 4.78 is 25.6. The van der Waals surface area contributed by atoms with Gasteiger partial charge < -0.3 is 10.4 Å². The Morgan fingerprint density at radius 3 is 2.93 bits per heavy atom. The van der Waals surface area contributed by atoms with E-state index in [2.05, 4.69) is 10.3 Å². The van der Waals surface area contributed by atoms with Crippen molar-refractivity contribution in [2.45, 2.75) is 20.0 Å². The van der Waals surface area contributed by atoms with Gasteiger partial charge in [0.1, 0.15) is 5.82 Å². The first-order chi connectivity index (χ1) is 7.15. The smallest absolute Gasteiger partial charge is 0.319 e. The topological polar surface area (TPSA) is 50.1 Å². The van der Waals surface area contributed by atoms with Crippen LogP contribution in [0.1, 0.15) is 19.3 Å². The molecule has 0 fully saturated rings. The average Bonchev–Trinajstić information content (AvgIpc) is 2.65. The number of hydrogen-bond donors (Lipinski definition) is 2. The molecule has 4 nitrogen and oxygen atoms in total. The molecule has 2 N–H and O–H groups in total. The molecule has 0 saturated carbocycles. The van der Waals surface area contributed by atoms with Crippen LogP contribution in [0.4, 0.5) is 8.78 Å². The van der Waals surface area contributed by atoms with Crippen LogP contribution in [0.15, 0.2) is 12.4 Å². The van der Waals surface area contributed by atoms with Crippen molar-refractivity contribution in [3.05, 3.63) is 18.2 Å². The summed E-state index contributed by atoms with van der Waals surface area (Å²) in [7, 11) is 0. The Labute approximate surface area is 86.9 Å². The second-order valence-corrected chi connectivity index (χ2v) is 3.45. The van der Waals surface area contributed by atoms with Crippen LogP contribution in [-0.2, 0) is 6.54 Å². The number of halogens is 2. The van der Waals surface area contributed by atoms with Gasteiger partial charge >= 0.3 is 6.55 Å². The number of rotatable bonds is 6. The number of aromatic nitrogens is 2. The molecule has 0 spiro atoms. The van der Waals surface area contributed by atoms with E-state index >= 15 is 0 Å². The van der Waals surface area contributed by atoms with Gasteiger partial charge in [-0.05, 0) is 5.92 Å². The van der Waals surface area contributed by atoms with Gasteiger partial charge in [0.15, 0.2) is 0 Å². The first-order valence-electron chi connectivity index (χ1n) is 4.76. The monoisotopic (exact) mass is 219 g/mol. The number of hydrogen-bond acceptors (Lipinski definition) is 3. The lowest BCUT2D eigenvalue weighted by atomic mass is 10.2. The van der Waals surface area contributed by atoms with Crippen molar-refractivity contribution in [3.8, 4) is 0 Å². The van der Waals surface area contributed by atoms with Crippen LogP contribution in [0.3, 0.4) is 0 Å². The van der Waals surface area contributed by atoms with Crippen LogP contribution < -0.4 is 5.32 Å². The van der Waals surface area contributed by atoms with E-state index in [9.17, 15) is 8.78 Å². The van der Waals surface area contributed by atoms with Crippen LogP contribution >= 0.6 is 0 Å². The van der Waals surface area contributed by atoms with Crippen molar-refractivity contribution in [2.75, 3.05) is 13.2 Å². The Kier molecular flexibility index (Phi) is 4.64. The average molecular weight is 219 g/mol. The Morgan fingerprint density at radius 2 is 2.33 bits per heavy atom. The van der Waals surface area contributed by atoms with E-state index < -0.39 is 6.55 Å². The van der Waals surface area contributed by atoms with Crippen molar-refractivity contribution < 1.29 is 13.9 Å². The largest absolute Gasteiger partial charge is 0.396 e. The maximum atomic E-state index is 12.4. The van der Waals surface area contributed by atoms with Crippen molar-refractivity contribution in [1.82, 2.24) is 14.9 Å². The third-order valence-electron chi connectivity index (χ3n) is 2.05. The number of aliphatic hydroxyl groups excluding tert-OH is 1. The molecule has 0 aliphatic rings. The Morgan fingerprint density at radius 1 is 1.60 bits per heavy atom. The molecule has 0 aliphatic carbocycles. The van der Waals surface area contributed by atoms with Gasteiger partial charge in [-0.3, -0.25) is 4.57 Å². The molecule has 0 amide bonds. The van der Waals surface area contributed by atoms with Crippen LogP contribution in [0.5, 0.6) is 0 Å². The number of nitrogens with one attached hydrogen (secondary N) is 1. The highest BCUT2D eigenvalue weighted by atomic mass is 19.3. The lowest BCUT2D eigenvalue weighted by Gasteiger charge is -2.10. The molecule has 6 heteroatoms. The second kappa shape index (κ2) is 5.77. The molecule has 1 atom stereocenters. The maximum Gasteiger partial charge on any atom is 0.319 e. The molecule has 86 valence electrons. The number of aliphatic hydroxyl groups is 1. The van der Waals surface area contributed by atoms with Crippen molar-refractivity contribution in [2.24, 2.45) is 5.92 Å². The van der Waals surface area contributed by atoms with Gasteiger partial charge in [0.25, 0.3) is 0 Å². The van der Waals surface area contributed by atoms with Crippen molar-refractivity contribution in [1.29, 1.82) is 0 Å². The highest BCUT2D eigenvalue weighted by Gasteiger charge is 2.10. The molecular weight excluding hydrogens is 204 g/mol. The lowest BCUT2D eigenvalue weighted by molar-refractivity contribution is 0.0665. The summed E-state index contributed by atoms with van der Waals surface area (Å²) in [6.45, 7) is 0.247. The minimum atomic E-state index is -2.56. The standard InChI is InChI=1S/C9H15F2N3O/c1-7(6-15)4-12-5-8-13-2-3-14(8)9(10)11/h2-3,7,9,12,15H,4-6H2,1H3. The van der Waals surface area contributed by atoms with Crippen molar-refractivity contribution >= 4 is 0 Å². The predicted octanol–water partition coefficient (Wildman–Crippen LogP) is 0.996. The van der Waals surface area contributed by atoms with Gasteiger partial charge in [-0.1, -0.05) is 6.92 Å². The van der Waals surface area contributed by atoms with E-state index in [1.807, 2.05) is 6.92 Å². The molecule has 1 rings (SSSR count). The lowest BCUT2D eigenvalue weighted by Crippen LogP contribution is -2.24. The Balaban J connectivity index is 2.40. The Bertz CT molecular complexity index is 291. The van der Waals surface area contributed by atoms with E-state index in [4.69, 9.17) is 5.11 Å². The normalized spacial score (nSPS) is 13.4. The highest BCUT2D eigenvalue weighted by molar-refractivity contribution is 4.92. The molecular formula is C9H15F2N3O. The van der Waals surface area contributed by atoms with Gasteiger partial charge in [0, 0.05) is 25.5 Å². The zero-order valence-corrected chi connectivity index (χ0v) is 8.53. The fourth-order valence-electron chi connectivity index (χ4n) is 1.15. The van der Waals surface area contributed by atoms with Crippen LogP contribution in [0.2, 0.25) is 0 Å². The Hall–Kier alpha value is -1.01. The van der Waals surface area contributed by atoms with E-state index in [-0.39, 0.29) is 19.1 Å². The molecule has 15 heavy (non-hydrogen) atoms. The van der Waals surface area contributed by atoms with Crippen LogP contribution in [-0.4, -0.2) is 27.8 Å². The minimum absolute atomic E-state index is 0.0797. The van der Waals surface area contributed by atoms with E-state index in [1.165, 1.54) is 12.4 Å². The summed E-state index contributed by atoms with van der Waals surface area (Å²) >= 11 is 0. The molecule has 1 unspecified atom stereocenters. The number of imidazole rings is 1. The maximum absolute atomic E-state index is 12.4.